The molecule has 0 spiro atoms. The molecular formula is C22H26N2O4. The van der Waals surface area contributed by atoms with Gasteiger partial charge in [0, 0.05) is 18.8 Å². The summed E-state index contributed by atoms with van der Waals surface area (Å²) in [6.45, 7) is 3.76. The first-order valence-corrected chi connectivity index (χ1v) is 10.0. The van der Waals surface area contributed by atoms with Crippen molar-refractivity contribution in [1.82, 2.24) is 9.47 Å². The van der Waals surface area contributed by atoms with Crippen LogP contribution in [0.25, 0.3) is 0 Å². The average molecular weight is 382 g/mol. The molecule has 4 rings (SSSR count). The van der Waals surface area contributed by atoms with E-state index in [2.05, 4.69) is 19.1 Å². The molecule has 1 amide bonds. The van der Waals surface area contributed by atoms with Crippen molar-refractivity contribution in [2.75, 3.05) is 19.8 Å². The van der Waals surface area contributed by atoms with E-state index < -0.39 is 0 Å². The zero-order chi connectivity index (χ0) is 19.5. The van der Waals surface area contributed by atoms with E-state index in [1.54, 1.807) is 11.1 Å². The lowest BCUT2D eigenvalue weighted by molar-refractivity contribution is -0.111. The number of amides is 1. The molecule has 1 aromatic heterocycles. The van der Waals surface area contributed by atoms with Crippen LogP contribution in [0.15, 0.2) is 47.4 Å². The van der Waals surface area contributed by atoms with Crippen LogP contribution < -0.4 is 10.2 Å². The van der Waals surface area contributed by atoms with Crippen molar-refractivity contribution in [3.63, 3.8) is 0 Å². The van der Waals surface area contributed by atoms with Gasteiger partial charge in [-0.05, 0) is 24.8 Å². The number of carbonyl (C=O) groups is 1. The maximum atomic E-state index is 13.3. The van der Waals surface area contributed by atoms with E-state index in [-0.39, 0.29) is 29.4 Å². The molecule has 1 aromatic carbocycles. The fourth-order valence-electron chi connectivity index (χ4n) is 3.99. The van der Waals surface area contributed by atoms with Gasteiger partial charge in [0.05, 0.1) is 19.3 Å². The second kappa shape index (κ2) is 8.19. The highest BCUT2D eigenvalue weighted by Gasteiger charge is 2.43. The molecule has 6 nitrogen and oxygen atoms in total. The molecule has 28 heavy (non-hydrogen) atoms. The highest BCUT2D eigenvalue weighted by molar-refractivity contribution is 5.96. The Balaban J connectivity index is 1.78. The van der Waals surface area contributed by atoms with E-state index in [4.69, 9.17) is 9.47 Å². The molecule has 0 aliphatic carbocycles. The van der Waals surface area contributed by atoms with Crippen LogP contribution in [-0.4, -0.2) is 41.4 Å². The summed E-state index contributed by atoms with van der Waals surface area (Å²) in [7, 11) is 0. The standard InChI is InChI=1S/C22H26N2O4/c1-2-3-13-27-20-18(25)10-12-23-17(15-16-8-5-4-6-9-16)22-24(11-7-14-28-22)21(26)19(20)23/h4-6,8-10,12,17,22H,2-3,7,11,13-15H2,1H3/t17-,22-/m0/s1. The number of nitrogens with zero attached hydrogens (tertiary/aromatic N) is 2. The Labute approximate surface area is 164 Å². The van der Waals surface area contributed by atoms with Crippen molar-refractivity contribution in [2.45, 2.75) is 44.9 Å². The van der Waals surface area contributed by atoms with E-state index in [0.717, 1.165) is 24.8 Å². The topological polar surface area (TPSA) is 60.8 Å². The SMILES string of the molecule is CCCCOc1c2n(ccc1=O)[C@@H](Cc1ccccc1)[C@@H]1OCCCN1C2=O. The lowest BCUT2D eigenvalue weighted by atomic mass is 9.99. The molecule has 0 unspecified atom stereocenters. The Kier molecular flexibility index (Phi) is 5.48. The Morgan fingerprint density at radius 3 is 2.79 bits per heavy atom. The van der Waals surface area contributed by atoms with E-state index in [0.29, 0.717) is 31.9 Å². The first kappa shape index (κ1) is 18.7. The van der Waals surface area contributed by atoms with Crippen molar-refractivity contribution < 1.29 is 14.3 Å². The summed E-state index contributed by atoms with van der Waals surface area (Å²) in [5.41, 5.74) is 1.27. The lowest BCUT2D eigenvalue weighted by Crippen LogP contribution is -2.56. The molecule has 2 aliphatic rings. The highest BCUT2D eigenvalue weighted by atomic mass is 16.5. The molecule has 148 valence electrons. The van der Waals surface area contributed by atoms with Gasteiger partial charge >= 0.3 is 0 Å². The monoisotopic (exact) mass is 382 g/mol. The number of hydrogen-bond acceptors (Lipinski definition) is 4. The number of rotatable bonds is 6. The van der Waals surface area contributed by atoms with Crippen LogP contribution in [0, 0.1) is 0 Å². The molecule has 1 saturated heterocycles. The number of ether oxygens (including phenoxy) is 2. The molecule has 3 heterocycles. The first-order valence-electron chi connectivity index (χ1n) is 10.0. The van der Waals surface area contributed by atoms with E-state index in [9.17, 15) is 9.59 Å². The predicted molar refractivity (Wildman–Crippen MR) is 106 cm³/mol. The summed E-state index contributed by atoms with van der Waals surface area (Å²) < 4.78 is 13.7. The maximum Gasteiger partial charge on any atom is 0.276 e. The van der Waals surface area contributed by atoms with Gasteiger partial charge in [0.1, 0.15) is 0 Å². The summed E-state index contributed by atoms with van der Waals surface area (Å²) in [5.74, 6) is -0.0127. The van der Waals surface area contributed by atoms with Gasteiger partial charge in [-0.3, -0.25) is 9.59 Å². The van der Waals surface area contributed by atoms with Crippen LogP contribution in [0.3, 0.4) is 0 Å². The van der Waals surface area contributed by atoms with Crippen molar-refractivity contribution >= 4 is 5.91 Å². The zero-order valence-electron chi connectivity index (χ0n) is 16.2. The Hall–Kier alpha value is -2.60. The van der Waals surface area contributed by atoms with Crippen LogP contribution in [-0.2, 0) is 11.2 Å². The van der Waals surface area contributed by atoms with Crippen LogP contribution >= 0.6 is 0 Å². The van der Waals surface area contributed by atoms with E-state index >= 15 is 0 Å². The first-order chi connectivity index (χ1) is 13.7. The third kappa shape index (κ3) is 3.44. The Bertz CT molecular complexity index is 893. The molecule has 0 radical (unpaired) electrons. The molecule has 6 heteroatoms. The number of fused-ring (bicyclic) bond motifs is 2. The van der Waals surface area contributed by atoms with Crippen molar-refractivity contribution in [3.8, 4) is 5.75 Å². The maximum absolute atomic E-state index is 13.3. The fourth-order valence-corrected chi connectivity index (χ4v) is 3.99. The van der Waals surface area contributed by atoms with E-state index in [1.165, 1.54) is 6.07 Å². The third-order valence-corrected chi connectivity index (χ3v) is 5.40. The second-order valence-electron chi connectivity index (χ2n) is 7.34. The summed E-state index contributed by atoms with van der Waals surface area (Å²) >= 11 is 0. The van der Waals surface area contributed by atoms with Gasteiger partial charge in [-0.25, -0.2) is 0 Å². The molecular weight excluding hydrogens is 356 g/mol. The van der Waals surface area contributed by atoms with Crippen molar-refractivity contribution in [3.05, 3.63) is 64.1 Å². The fraction of sp³-hybridized carbons (Fsp3) is 0.455. The molecule has 0 bridgehead atoms. The van der Waals surface area contributed by atoms with Gasteiger partial charge in [-0.2, -0.15) is 0 Å². The third-order valence-electron chi connectivity index (χ3n) is 5.40. The van der Waals surface area contributed by atoms with Gasteiger partial charge in [0.25, 0.3) is 5.91 Å². The number of benzene rings is 1. The second-order valence-corrected chi connectivity index (χ2v) is 7.34. The Morgan fingerprint density at radius 2 is 2.00 bits per heavy atom. The number of carbonyl (C=O) groups excluding carboxylic acids is 1. The van der Waals surface area contributed by atoms with Gasteiger partial charge in [-0.1, -0.05) is 43.7 Å². The summed E-state index contributed by atoms with van der Waals surface area (Å²) in [6, 6.07) is 11.5. The minimum atomic E-state index is -0.333. The van der Waals surface area contributed by atoms with Crippen LogP contribution in [0.4, 0.5) is 0 Å². The van der Waals surface area contributed by atoms with Gasteiger partial charge in [0.2, 0.25) is 5.43 Å². The van der Waals surface area contributed by atoms with Crippen LogP contribution in [0.1, 0.15) is 48.3 Å². The van der Waals surface area contributed by atoms with Crippen LogP contribution in [0.5, 0.6) is 5.75 Å². The van der Waals surface area contributed by atoms with Crippen molar-refractivity contribution in [1.29, 1.82) is 0 Å². The van der Waals surface area contributed by atoms with E-state index in [1.807, 2.05) is 22.8 Å². The summed E-state index contributed by atoms with van der Waals surface area (Å²) in [4.78, 5) is 27.5. The summed E-state index contributed by atoms with van der Waals surface area (Å²) in [6.07, 6.45) is 4.68. The molecule has 1 fully saturated rings. The number of aromatic nitrogens is 1. The van der Waals surface area contributed by atoms with Gasteiger partial charge in [0.15, 0.2) is 17.7 Å². The lowest BCUT2D eigenvalue weighted by Gasteiger charge is -2.45. The quantitative estimate of drug-likeness (QED) is 0.721. The molecule has 2 aliphatic heterocycles. The normalized spacial score (nSPS) is 21.2. The number of unbranched alkanes of at least 4 members (excludes halogenated alkanes) is 1. The smallest absolute Gasteiger partial charge is 0.276 e. The molecule has 0 saturated carbocycles. The van der Waals surface area contributed by atoms with Gasteiger partial charge in [-0.15, -0.1) is 0 Å². The number of pyridine rings is 1. The van der Waals surface area contributed by atoms with Crippen LogP contribution in [0.2, 0.25) is 0 Å². The van der Waals surface area contributed by atoms with Crippen molar-refractivity contribution in [2.24, 2.45) is 0 Å². The minimum absolute atomic E-state index is 0.107. The highest BCUT2D eigenvalue weighted by Crippen LogP contribution is 2.35. The average Bonchev–Trinajstić information content (AvgIpc) is 2.73. The number of hydrogen-bond donors (Lipinski definition) is 0. The summed E-state index contributed by atoms with van der Waals surface area (Å²) in [5, 5.41) is 0. The molecule has 0 N–H and O–H groups in total. The molecule has 2 atom stereocenters. The van der Waals surface area contributed by atoms with Gasteiger partial charge < -0.3 is 18.9 Å². The minimum Gasteiger partial charge on any atom is -0.487 e. The molecule has 2 aromatic rings. The predicted octanol–water partition coefficient (Wildman–Crippen LogP) is 3.01. The zero-order valence-corrected chi connectivity index (χ0v) is 16.2. The Morgan fingerprint density at radius 1 is 1.18 bits per heavy atom. The largest absolute Gasteiger partial charge is 0.487 e.